The van der Waals surface area contributed by atoms with E-state index in [4.69, 9.17) is 9.47 Å². The van der Waals surface area contributed by atoms with Crippen molar-refractivity contribution in [2.45, 2.75) is 63.2 Å². The highest BCUT2D eigenvalue weighted by Crippen LogP contribution is 2.38. The van der Waals surface area contributed by atoms with Gasteiger partial charge in [0.2, 0.25) is 10.0 Å². The number of aryl methyl sites for hydroxylation is 1. The number of nitrogens with one attached hydrogen (secondary N) is 1. The van der Waals surface area contributed by atoms with E-state index in [0.717, 1.165) is 61.8 Å². The monoisotopic (exact) mass is 548 g/mol. The van der Waals surface area contributed by atoms with E-state index >= 15 is 0 Å². The third kappa shape index (κ3) is 6.39. The summed E-state index contributed by atoms with van der Waals surface area (Å²) in [6.07, 6.45) is 7.18. The van der Waals surface area contributed by atoms with Gasteiger partial charge in [-0.25, -0.2) is 18.0 Å². The van der Waals surface area contributed by atoms with E-state index in [1.807, 2.05) is 0 Å². The molecule has 9 nitrogen and oxygen atoms in total. The van der Waals surface area contributed by atoms with Gasteiger partial charge in [-0.05, 0) is 69.2 Å². The number of carbonyl (C=O) groups excluding carboxylic acids is 3. The third-order valence-corrected chi connectivity index (χ3v) is 9.61. The molecule has 0 atom stereocenters. The zero-order valence-electron chi connectivity index (χ0n) is 20.9. The lowest BCUT2D eigenvalue weighted by atomic mass is 9.95. The largest absolute Gasteiger partial charge is 0.462 e. The first-order valence-corrected chi connectivity index (χ1v) is 15.0. The van der Waals surface area contributed by atoms with Crippen LogP contribution in [0.1, 0.15) is 76.6 Å². The number of hydrogen-bond acceptors (Lipinski definition) is 8. The molecule has 2 aromatic rings. The average Bonchev–Trinajstić information content (AvgIpc) is 3.04. The minimum Gasteiger partial charge on any atom is -0.462 e. The minimum absolute atomic E-state index is 0.0246. The number of carbonyl (C=O) groups is 3. The number of anilines is 1. The molecule has 37 heavy (non-hydrogen) atoms. The van der Waals surface area contributed by atoms with Gasteiger partial charge in [0.25, 0.3) is 5.91 Å². The van der Waals surface area contributed by atoms with Gasteiger partial charge in [0.15, 0.2) is 6.61 Å². The van der Waals surface area contributed by atoms with Crippen molar-refractivity contribution >= 4 is 44.2 Å². The maximum atomic E-state index is 13.1. The summed E-state index contributed by atoms with van der Waals surface area (Å²) in [6, 6.07) is 5.68. The highest BCUT2D eigenvalue weighted by atomic mass is 32.2. The van der Waals surface area contributed by atoms with Gasteiger partial charge in [0, 0.05) is 18.0 Å². The van der Waals surface area contributed by atoms with E-state index in [1.165, 1.54) is 39.9 Å². The second kappa shape index (κ2) is 12.2. The Balaban J connectivity index is 1.42. The summed E-state index contributed by atoms with van der Waals surface area (Å²) in [6.45, 7) is 2.28. The summed E-state index contributed by atoms with van der Waals surface area (Å²) in [5.41, 5.74) is 1.35. The maximum absolute atomic E-state index is 13.1. The predicted octanol–water partition coefficient (Wildman–Crippen LogP) is 4.16. The molecule has 0 unspecified atom stereocenters. The van der Waals surface area contributed by atoms with Crippen molar-refractivity contribution in [3.8, 4) is 0 Å². The third-order valence-electron chi connectivity index (χ3n) is 6.51. The Morgan fingerprint density at radius 1 is 0.973 bits per heavy atom. The maximum Gasteiger partial charge on any atom is 0.341 e. The van der Waals surface area contributed by atoms with Crippen molar-refractivity contribution in [1.82, 2.24) is 4.31 Å². The van der Waals surface area contributed by atoms with Gasteiger partial charge in [0.05, 0.1) is 22.6 Å². The number of rotatable bonds is 8. The first-order chi connectivity index (χ1) is 17.8. The lowest BCUT2D eigenvalue weighted by Crippen LogP contribution is -2.32. The average molecular weight is 549 g/mol. The van der Waals surface area contributed by atoms with Crippen LogP contribution in [0.3, 0.4) is 0 Å². The molecule has 1 aromatic heterocycles. The van der Waals surface area contributed by atoms with Crippen LogP contribution in [0, 0.1) is 0 Å². The molecule has 1 aromatic carbocycles. The smallest absolute Gasteiger partial charge is 0.341 e. The first kappa shape index (κ1) is 27.3. The molecule has 0 radical (unpaired) electrons. The molecular formula is C26H32N2O7S2. The van der Waals surface area contributed by atoms with Gasteiger partial charge in [-0.15, -0.1) is 11.3 Å². The number of ether oxygens (including phenoxy) is 2. The summed E-state index contributed by atoms with van der Waals surface area (Å²) >= 11 is 1.35. The van der Waals surface area contributed by atoms with Crippen LogP contribution in [0.25, 0.3) is 0 Å². The molecular weight excluding hydrogens is 516 g/mol. The summed E-state index contributed by atoms with van der Waals surface area (Å²) in [5.74, 6) is -1.87. The zero-order chi connectivity index (χ0) is 26.4. The summed E-state index contributed by atoms with van der Waals surface area (Å²) < 4.78 is 38.0. The van der Waals surface area contributed by atoms with Crippen molar-refractivity contribution in [2.75, 3.05) is 31.6 Å². The molecule has 1 N–H and O–H groups in total. The fourth-order valence-electron chi connectivity index (χ4n) is 4.66. The normalized spacial score (nSPS) is 16.4. The van der Waals surface area contributed by atoms with E-state index in [1.54, 1.807) is 6.92 Å². The topological polar surface area (TPSA) is 119 Å². The number of benzene rings is 1. The van der Waals surface area contributed by atoms with Crippen LogP contribution in [0.5, 0.6) is 0 Å². The molecule has 1 saturated heterocycles. The molecule has 0 saturated carbocycles. The van der Waals surface area contributed by atoms with Crippen molar-refractivity contribution in [2.24, 2.45) is 0 Å². The van der Waals surface area contributed by atoms with Crippen LogP contribution in [-0.4, -0.2) is 56.9 Å². The van der Waals surface area contributed by atoms with Crippen molar-refractivity contribution in [3.05, 3.63) is 45.8 Å². The van der Waals surface area contributed by atoms with Gasteiger partial charge >= 0.3 is 11.9 Å². The van der Waals surface area contributed by atoms with Gasteiger partial charge in [-0.2, -0.15) is 4.31 Å². The van der Waals surface area contributed by atoms with E-state index in [9.17, 15) is 22.8 Å². The highest BCUT2D eigenvalue weighted by molar-refractivity contribution is 7.89. The Hall–Kier alpha value is -2.76. The molecule has 2 heterocycles. The molecule has 0 spiro atoms. The van der Waals surface area contributed by atoms with E-state index in [-0.39, 0.29) is 17.1 Å². The molecule has 2 aliphatic rings. The van der Waals surface area contributed by atoms with Crippen molar-refractivity contribution in [3.63, 3.8) is 0 Å². The second-order valence-corrected chi connectivity index (χ2v) is 12.1. The fourth-order valence-corrected chi connectivity index (χ4v) is 7.52. The Morgan fingerprint density at radius 2 is 1.70 bits per heavy atom. The standard InChI is InChI=1S/C26H32N2O7S2/c1-2-34-26(31)23-20-12-5-6-13-21(20)36-24(23)27-22(29)17-35-25(30)18-10-9-11-19(16-18)37(32,33)28-14-7-3-4-8-15-28/h9-11,16H,2-8,12-15,17H2,1H3,(H,27,29). The molecule has 4 rings (SSSR count). The number of amides is 1. The highest BCUT2D eigenvalue weighted by Gasteiger charge is 2.28. The number of nitrogens with zero attached hydrogens (tertiary/aromatic N) is 1. The van der Waals surface area contributed by atoms with E-state index < -0.39 is 34.5 Å². The molecule has 1 amide bonds. The number of fused-ring (bicyclic) bond motifs is 1. The van der Waals surface area contributed by atoms with Crippen molar-refractivity contribution in [1.29, 1.82) is 0 Å². The van der Waals surface area contributed by atoms with Crippen LogP contribution >= 0.6 is 11.3 Å². The fraction of sp³-hybridized carbons (Fsp3) is 0.500. The van der Waals surface area contributed by atoms with Gasteiger partial charge < -0.3 is 14.8 Å². The SMILES string of the molecule is CCOC(=O)c1c(NC(=O)COC(=O)c2cccc(S(=O)(=O)N3CCCCCC3)c2)sc2c1CCCC2. The predicted molar refractivity (Wildman–Crippen MR) is 139 cm³/mol. The molecule has 11 heteroatoms. The Bertz CT molecular complexity index is 1260. The Labute approximate surface area is 221 Å². The lowest BCUT2D eigenvalue weighted by molar-refractivity contribution is -0.119. The summed E-state index contributed by atoms with van der Waals surface area (Å²) in [7, 11) is -3.73. The molecule has 0 bridgehead atoms. The lowest BCUT2D eigenvalue weighted by Gasteiger charge is -2.20. The number of sulfonamides is 1. The van der Waals surface area contributed by atoms with Gasteiger partial charge in [0.1, 0.15) is 5.00 Å². The Morgan fingerprint density at radius 3 is 2.43 bits per heavy atom. The van der Waals surface area contributed by atoms with Gasteiger partial charge in [-0.1, -0.05) is 18.9 Å². The minimum atomic E-state index is -3.73. The second-order valence-electron chi connectivity index (χ2n) is 9.11. The van der Waals surface area contributed by atoms with Crippen molar-refractivity contribution < 1.29 is 32.3 Å². The van der Waals surface area contributed by atoms with Crippen LogP contribution in [-0.2, 0) is 37.1 Å². The first-order valence-electron chi connectivity index (χ1n) is 12.7. The number of esters is 2. The number of hydrogen-bond donors (Lipinski definition) is 1. The van der Waals surface area contributed by atoms with Crippen LogP contribution in [0.4, 0.5) is 5.00 Å². The summed E-state index contributed by atoms with van der Waals surface area (Å²) in [5, 5.41) is 3.10. The van der Waals surface area contributed by atoms with Crippen LogP contribution < -0.4 is 5.32 Å². The molecule has 1 aliphatic heterocycles. The molecule has 200 valence electrons. The van der Waals surface area contributed by atoms with Crippen LogP contribution in [0.2, 0.25) is 0 Å². The van der Waals surface area contributed by atoms with E-state index in [2.05, 4.69) is 5.32 Å². The molecule has 1 aliphatic carbocycles. The molecule has 1 fully saturated rings. The summed E-state index contributed by atoms with van der Waals surface area (Å²) in [4.78, 5) is 38.9. The Kier molecular flexibility index (Phi) is 8.99. The van der Waals surface area contributed by atoms with E-state index in [0.29, 0.717) is 23.7 Å². The quantitative estimate of drug-likeness (QED) is 0.492. The number of thiophene rings is 1. The van der Waals surface area contributed by atoms with Crippen LogP contribution in [0.15, 0.2) is 29.2 Å². The van der Waals surface area contributed by atoms with Gasteiger partial charge in [-0.3, -0.25) is 4.79 Å². The zero-order valence-corrected chi connectivity index (χ0v) is 22.5.